The van der Waals surface area contributed by atoms with Gasteiger partial charge in [-0.3, -0.25) is 14.4 Å². The van der Waals surface area contributed by atoms with Gasteiger partial charge in [0.1, 0.15) is 23.7 Å². The van der Waals surface area contributed by atoms with E-state index >= 15 is 0 Å². The molecule has 5 heterocycles. The Balaban J connectivity index is 1.13. The number of amides is 4. The summed E-state index contributed by atoms with van der Waals surface area (Å²) in [6, 6.07) is 9.19. The topological polar surface area (TPSA) is 207 Å². The maximum atomic E-state index is 14.1. The molecule has 7 rings (SSSR count). The number of likely N-dealkylation sites (tertiary alicyclic amines) is 2. The van der Waals surface area contributed by atoms with E-state index in [1.807, 2.05) is 64.1 Å². The summed E-state index contributed by atoms with van der Waals surface area (Å²) in [5, 5.41) is 6.36. The van der Waals surface area contributed by atoms with Gasteiger partial charge in [0.25, 0.3) is 0 Å². The smallest absolute Gasteiger partial charge is 0.407 e. The first kappa shape index (κ1) is 39.1. The lowest BCUT2D eigenvalue weighted by Gasteiger charge is -2.30. The van der Waals surface area contributed by atoms with E-state index in [2.05, 4.69) is 35.6 Å². The standard InChI is InChI=1S/C41H49N9O7/c1-21(2)33(47-40(54)56-5)38(52)49-15-7-9-31(49)36-42-19-29(45-36)23-11-13-27-25(17-23)35(51)26-18-24(12-14-28(26)44-27)30-20-43-37(46-30)32-10-8-16-50(32)39(53)34(22(3)4)48-41(55)57-6/h11-14,17-22,31-34H,7-10,15-16H2,1-6H3,(H,42,45)(H,43,46)(H,44,51)(H,47,54)(H,48,55)/t31-,32-,33-,34-/m0/s1. The molecule has 0 spiro atoms. The number of aromatic amines is 3. The fourth-order valence-corrected chi connectivity index (χ4v) is 8.00. The third-order valence-corrected chi connectivity index (χ3v) is 11.1. The molecule has 16 heteroatoms. The van der Waals surface area contributed by atoms with E-state index in [0.717, 1.165) is 36.8 Å². The van der Waals surface area contributed by atoms with Gasteiger partial charge in [0, 0.05) is 46.0 Å². The summed E-state index contributed by atoms with van der Waals surface area (Å²) in [5.74, 6) is 0.598. The average Bonchev–Trinajstić information content (AvgIpc) is 4.05. The molecule has 2 aliphatic heterocycles. The number of H-pyrrole nitrogens is 3. The van der Waals surface area contributed by atoms with Gasteiger partial charge in [-0.1, -0.05) is 39.8 Å². The van der Waals surface area contributed by atoms with E-state index in [1.165, 1.54) is 14.2 Å². The third kappa shape index (κ3) is 7.67. The normalized spacial score (nSPS) is 18.0. The van der Waals surface area contributed by atoms with Gasteiger partial charge in [-0.25, -0.2) is 19.6 Å². The number of rotatable bonds is 10. The highest BCUT2D eigenvalue weighted by Crippen LogP contribution is 2.35. The number of imidazole rings is 2. The second-order valence-electron chi connectivity index (χ2n) is 15.4. The van der Waals surface area contributed by atoms with Crippen molar-refractivity contribution < 1.29 is 28.7 Å². The van der Waals surface area contributed by atoms with Gasteiger partial charge in [-0.05, 0) is 61.8 Å². The van der Waals surface area contributed by atoms with Crippen LogP contribution in [0.5, 0.6) is 0 Å². The molecule has 2 fully saturated rings. The Bertz CT molecular complexity index is 2220. The summed E-state index contributed by atoms with van der Waals surface area (Å²) >= 11 is 0. The van der Waals surface area contributed by atoms with Gasteiger partial charge in [0.15, 0.2) is 5.43 Å². The minimum Gasteiger partial charge on any atom is -0.453 e. The molecule has 300 valence electrons. The predicted octanol–water partition coefficient (Wildman–Crippen LogP) is 5.55. The van der Waals surface area contributed by atoms with Gasteiger partial charge in [-0.2, -0.15) is 0 Å². The van der Waals surface area contributed by atoms with Crippen molar-refractivity contribution >= 4 is 45.8 Å². The molecule has 5 N–H and O–H groups in total. The van der Waals surface area contributed by atoms with Gasteiger partial charge in [0.05, 0.1) is 50.1 Å². The lowest BCUT2D eigenvalue weighted by atomic mass is 10.0. The molecule has 16 nitrogen and oxygen atoms in total. The fourth-order valence-electron chi connectivity index (χ4n) is 8.00. The lowest BCUT2D eigenvalue weighted by molar-refractivity contribution is -0.136. The number of alkyl carbamates (subject to hydrolysis) is 2. The monoisotopic (exact) mass is 779 g/mol. The SMILES string of the molecule is COC(=O)N[C@H](C(=O)N1CCC[C@H]1c1ncc(-c2ccc3[nH]c4ccc(-c5cnc([C@@H]6CCCN6C(=O)[C@@H](NC(=O)OC)C(C)C)[nH]5)cc4c(=O)c3c2)[nH]1)C(C)C. The molecule has 0 radical (unpaired) electrons. The summed E-state index contributed by atoms with van der Waals surface area (Å²) in [7, 11) is 2.54. The minimum atomic E-state index is -0.737. The number of carbonyl (C=O) groups is 4. The second-order valence-corrected chi connectivity index (χ2v) is 15.4. The first-order valence-electron chi connectivity index (χ1n) is 19.4. The van der Waals surface area contributed by atoms with Gasteiger partial charge < -0.3 is 44.9 Å². The third-order valence-electron chi connectivity index (χ3n) is 11.1. The molecule has 2 saturated heterocycles. The van der Waals surface area contributed by atoms with Crippen molar-refractivity contribution in [3.63, 3.8) is 0 Å². The van der Waals surface area contributed by atoms with Crippen LogP contribution in [0.4, 0.5) is 9.59 Å². The number of methoxy groups -OCH3 is 2. The number of aromatic nitrogens is 5. The second kappa shape index (κ2) is 16.1. The summed E-state index contributed by atoms with van der Waals surface area (Å²) in [5.41, 5.74) is 4.17. The minimum absolute atomic E-state index is 0.141. The first-order valence-corrected chi connectivity index (χ1v) is 19.4. The van der Waals surface area contributed by atoms with Crippen LogP contribution in [-0.4, -0.2) is 98.1 Å². The first-order chi connectivity index (χ1) is 27.4. The van der Waals surface area contributed by atoms with Crippen LogP contribution in [0.2, 0.25) is 0 Å². The van der Waals surface area contributed by atoms with Crippen molar-refractivity contribution in [3.8, 4) is 22.5 Å². The van der Waals surface area contributed by atoms with Crippen molar-refractivity contribution in [1.82, 2.24) is 45.4 Å². The molecule has 0 unspecified atom stereocenters. The summed E-state index contributed by atoms with van der Waals surface area (Å²) in [4.78, 5) is 88.4. The Morgan fingerprint density at radius 1 is 0.684 bits per heavy atom. The highest BCUT2D eigenvalue weighted by atomic mass is 16.5. The zero-order chi connectivity index (χ0) is 40.5. The number of fused-ring (bicyclic) bond motifs is 2. The van der Waals surface area contributed by atoms with Crippen LogP contribution in [0.25, 0.3) is 44.3 Å². The number of pyridine rings is 1. The number of ether oxygens (including phenoxy) is 2. The Hall–Kier alpha value is -6.19. The van der Waals surface area contributed by atoms with Gasteiger partial charge in [-0.15, -0.1) is 0 Å². The molecule has 0 aliphatic carbocycles. The van der Waals surface area contributed by atoms with E-state index in [9.17, 15) is 24.0 Å². The number of benzene rings is 2. The Morgan fingerprint density at radius 2 is 1.11 bits per heavy atom. The van der Waals surface area contributed by atoms with Crippen molar-refractivity contribution in [3.05, 3.63) is 70.7 Å². The van der Waals surface area contributed by atoms with E-state index in [1.54, 1.807) is 22.2 Å². The Morgan fingerprint density at radius 3 is 1.49 bits per heavy atom. The highest BCUT2D eigenvalue weighted by molar-refractivity contribution is 5.96. The van der Waals surface area contributed by atoms with Crippen molar-refractivity contribution in [2.75, 3.05) is 27.3 Å². The number of carbonyl (C=O) groups excluding carboxylic acids is 4. The number of hydrogen-bond donors (Lipinski definition) is 5. The molecule has 2 aromatic carbocycles. The molecule has 0 bridgehead atoms. The molecular formula is C41H49N9O7. The van der Waals surface area contributed by atoms with Crippen LogP contribution < -0.4 is 16.1 Å². The maximum absolute atomic E-state index is 14.1. The van der Waals surface area contributed by atoms with E-state index < -0.39 is 24.3 Å². The number of nitrogens with zero attached hydrogens (tertiary/aromatic N) is 4. The summed E-state index contributed by atoms with van der Waals surface area (Å²) in [6.45, 7) is 8.59. The van der Waals surface area contributed by atoms with Crippen molar-refractivity contribution in [2.24, 2.45) is 11.8 Å². The summed E-state index contributed by atoms with van der Waals surface area (Å²) < 4.78 is 9.51. The molecule has 57 heavy (non-hydrogen) atoms. The largest absolute Gasteiger partial charge is 0.453 e. The van der Waals surface area contributed by atoms with Crippen molar-refractivity contribution in [2.45, 2.75) is 77.5 Å². The molecule has 4 amide bonds. The Labute approximate surface area is 329 Å². The van der Waals surface area contributed by atoms with Gasteiger partial charge >= 0.3 is 12.2 Å². The van der Waals surface area contributed by atoms with Crippen LogP contribution in [-0.2, 0) is 19.1 Å². The van der Waals surface area contributed by atoms with Crippen LogP contribution in [0, 0.1) is 11.8 Å². The average molecular weight is 780 g/mol. The molecule has 3 aromatic heterocycles. The molecule has 0 saturated carbocycles. The van der Waals surface area contributed by atoms with E-state index in [4.69, 9.17) is 9.47 Å². The lowest BCUT2D eigenvalue weighted by Crippen LogP contribution is -2.51. The van der Waals surface area contributed by atoms with Crippen LogP contribution in [0.3, 0.4) is 0 Å². The molecular weight excluding hydrogens is 731 g/mol. The Kier molecular flexibility index (Phi) is 11.0. The van der Waals surface area contributed by atoms with Crippen LogP contribution in [0.15, 0.2) is 53.6 Å². The van der Waals surface area contributed by atoms with Crippen molar-refractivity contribution in [1.29, 1.82) is 0 Å². The fraction of sp³-hybridized carbons (Fsp3) is 0.439. The van der Waals surface area contributed by atoms with E-state index in [0.29, 0.717) is 57.9 Å². The zero-order valence-electron chi connectivity index (χ0n) is 33.0. The zero-order valence-corrected chi connectivity index (χ0v) is 33.0. The van der Waals surface area contributed by atoms with Crippen LogP contribution >= 0.6 is 0 Å². The predicted molar refractivity (Wildman–Crippen MR) is 213 cm³/mol. The van der Waals surface area contributed by atoms with Gasteiger partial charge in [0.2, 0.25) is 11.8 Å². The molecule has 5 aromatic rings. The number of nitrogens with one attached hydrogen (secondary N) is 5. The molecule has 2 aliphatic rings. The van der Waals surface area contributed by atoms with Crippen LogP contribution in [0.1, 0.15) is 77.1 Å². The number of hydrogen-bond acceptors (Lipinski definition) is 9. The van der Waals surface area contributed by atoms with E-state index in [-0.39, 0.29) is 41.2 Å². The summed E-state index contributed by atoms with van der Waals surface area (Å²) in [6.07, 6.45) is 5.14. The molecule has 4 atom stereocenters. The quantitative estimate of drug-likeness (QED) is 0.113. The maximum Gasteiger partial charge on any atom is 0.407 e. The highest BCUT2D eigenvalue weighted by Gasteiger charge is 2.39.